The van der Waals surface area contributed by atoms with Gasteiger partial charge in [0.1, 0.15) is 0 Å². The molecule has 0 aromatic heterocycles. The van der Waals surface area contributed by atoms with E-state index in [4.69, 9.17) is 0 Å². The zero-order valence-corrected chi connectivity index (χ0v) is 16.6. The van der Waals surface area contributed by atoms with Gasteiger partial charge in [0.05, 0.1) is 0 Å². The number of halogens is 2. The molecule has 13 heavy (non-hydrogen) atoms. The minimum absolute atomic E-state index is 0. The van der Waals surface area contributed by atoms with Crippen LogP contribution in [-0.2, 0) is 20.1 Å². The molecule has 0 rings (SSSR count). The van der Waals surface area contributed by atoms with Crippen molar-refractivity contribution < 1.29 is 25.0 Å². The van der Waals surface area contributed by atoms with E-state index in [0.29, 0.717) is 11.8 Å². The van der Waals surface area contributed by atoms with Crippen LogP contribution < -0.4 is 0 Å². The maximum atomic E-state index is 9.45. The van der Waals surface area contributed by atoms with Crippen LogP contribution in [0.25, 0.3) is 0 Å². The molecule has 0 saturated carbocycles. The van der Waals surface area contributed by atoms with Crippen LogP contribution in [0, 0.1) is 11.8 Å². The normalized spacial score (nSPS) is 9.23. The minimum Gasteiger partial charge on any atom is -0.374 e. The molecule has 0 spiro atoms. The van der Waals surface area contributed by atoms with Crippen LogP contribution in [0.4, 0.5) is 0 Å². The third kappa shape index (κ3) is 20.5. The second kappa shape index (κ2) is 14.5. The summed E-state index contributed by atoms with van der Waals surface area (Å²) in [6.45, 7) is 8.63. The molecule has 0 aliphatic heterocycles. The van der Waals surface area contributed by atoms with Crippen molar-refractivity contribution in [3.05, 3.63) is 0 Å². The average Bonchev–Trinajstić information content (AvgIpc) is 1.58. The van der Waals surface area contributed by atoms with E-state index in [1.54, 1.807) is 0 Å². The van der Waals surface area contributed by atoms with Gasteiger partial charge in [0.2, 0.25) is 0 Å². The second-order valence-corrected chi connectivity index (χ2v) is 5.40. The summed E-state index contributed by atoms with van der Waals surface area (Å²) in [5.41, 5.74) is 0. The Bertz CT molecular complexity index is 84.2. The van der Waals surface area contributed by atoms with E-state index >= 15 is 0 Å². The zero-order chi connectivity index (χ0) is 8.15. The van der Waals surface area contributed by atoms with E-state index in [1.807, 2.05) is 0 Å². The van der Waals surface area contributed by atoms with Gasteiger partial charge in [-0.25, -0.2) is 0 Å². The van der Waals surface area contributed by atoms with E-state index in [9.17, 15) is 4.89 Å². The van der Waals surface area contributed by atoms with Crippen LogP contribution in [0.1, 0.15) is 27.7 Å². The van der Waals surface area contributed by atoms with Crippen LogP contribution in [-0.4, -0.2) is 17.2 Å². The average molecular weight is 610 g/mol. The Balaban J connectivity index is -0.000000135. The van der Waals surface area contributed by atoms with Gasteiger partial charge in [-0.15, -0.1) is 48.0 Å². The summed E-state index contributed by atoms with van der Waals surface area (Å²) in [5.74, 6) is 1.30. The van der Waals surface area contributed by atoms with Crippen molar-refractivity contribution in [3.8, 4) is 0 Å². The first-order valence-corrected chi connectivity index (χ1v) is 5.62. The van der Waals surface area contributed by atoms with Gasteiger partial charge in [-0.3, -0.25) is 0 Å². The third-order valence-electron chi connectivity index (χ3n) is 1.15. The van der Waals surface area contributed by atoms with Crippen molar-refractivity contribution in [2.24, 2.45) is 11.8 Å². The molecule has 0 saturated heterocycles. The van der Waals surface area contributed by atoms with Crippen LogP contribution in [0.2, 0.25) is 0 Å². The van der Waals surface area contributed by atoms with Crippen molar-refractivity contribution >= 4 is 56.1 Å². The molecule has 0 atom stereocenters. The maximum Gasteiger partial charge on any atom is 0.0256 e. The summed E-state index contributed by atoms with van der Waals surface area (Å²) in [7, 11) is -0.659. The molecular weight excluding hydrogens is 589 g/mol. The summed E-state index contributed by atoms with van der Waals surface area (Å²) < 4.78 is 0. The van der Waals surface area contributed by atoms with Gasteiger partial charge < -0.3 is 4.89 Å². The molecule has 0 aliphatic carbocycles. The molecule has 0 bridgehead atoms. The number of hydrogen-bond donors (Lipinski definition) is 1. The number of rotatable bonds is 4. The molecule has 0 amide bonds. The summed E-state index contributed by atoms with van der Waals surface area (Å²) >= 11 is 0. The Kier molecular flexibility index (Phi) is 27.5. The predicted molar refractivity (Wildman–Crippen MR) is 79.4 cm³/mol. The fourth-order valence-corrected chi connectivity index (χ4v) is 2.75. The van der Waals surface area contributed by atoms with Crippen LogP contribution in [0.5, 0.6) is 0 Å². The molecule has 0 heterocycles. The molecular formula is C8H21I2IrOP. The smallest absolute Gasteiger partial charge is 0.0256 e. The van der Waals surface area contributed by atoms with Crippen molar-refractivity contribution in [2.45, 2.75) is 27.7 Å². The summed E-state index contributed by atoms with van der Waals surface area (Å²) in [5, 5.41) is 0. The summed E-state index contributed by atoms with van der Waals surface area (Å²) in [4.78, 5) is 9.45. The van der Waals surface area contributed by atoms with Gasteiger partial charge in [0.25, 0.3) is 0 Å². The molecule has 0 aliphatic rings. The summed E-state index contributed by atoms with van der Waals surface area (Å²) in [6.07, 6.45) is 2.01. The second-order valence-electron chi connectivity index (χ2n) is 3.66. The van der Waals surface area contributed by atoms with Gasteiger partial charge in [0, 0.05) is 28.3 Å². The maximum absolute atomic E-state index is 9.45. The van der Waals surface area contributed by atoms with Crippen LogP contribution in [0.15, 0.2) is 0 Å². The monoisotopic (exact) mass is 611 g/mol. The number of hydrogen-bond acceptors (Lipinski definition) is 1. The van der Waals surface area contributed by atoms with Crippen molar-refractivity contribution in [1.29, 1.82) is 0 Å². The Morgan fingerprint density at radius 3 is 1.31 bits per heavy atom. The van der Waals surface area contributed by atoms with Gasteiger partial charge in [-0.1, -0.05) is 27.7 Å². The molecule has 5 heteroatoms. The predicted octanol–water partition coefficient (Wildman–Crippen LogP) is 3.92. The quantitative estimate of drug-likeness (QED) is 0.379. The fourth-order valence-electron chi connectivity index (χ4n) is 0.918. The largest absolute Gasteiger partial charge is 0.374 e. The molecule has 0 aromatic carbocycles. The first-order valence-electron chi connectivity index (χ1n) is 3.96. The van der Waals surface area contributed by atoms with E-state index in [-0.39, 0.29) is 68.1 Å². The van der Waals surface area contributed by atoms with Gasteiger partial charge in [-0.05, 0) is 24.2 Å². The van der Waals surface area contributed by atoms with E-state index in [1.165, 1.54) is 0 Å². The zero-order valence-electron chi connectivity index (χ0n) is 8.61. The Morgan fingerprint density at radius 1 is 0.923 bits per heavy atom. The SMILES string of the molecule is CC(C)CP(O)CC(C)C.I.I.[Ir]. The topological polar surface area (TPSA) is 20.2 Å². The van der Waals surface area contributed by atoms with E-state index < -0.39 is 8.15 Å². The van der Waals surface area contributed by atoms with Gasteiger partial charge in [0.15, 0.2) is 0 Å². The Morgan fingerprint density at radius 2 is 1.15 bits per heavy atom. The Hall–Kier alpha value is 2.50. The first-order chi connectivity index (χ1) is 4.52. The van der Waals surface area contributed by atoms with Gasteiger partial charge in [-0.2, -0.15) is 0 Å². The van der Waals surface area contributed by atoms with Crippen LogP contribution >= 0.6 is 56.1 Å². The molecule has 1 radical (unpaired) electrons. The van der Waals surface area contributed by atoms with E-state index in [2.05, 4.69) is 27.7 Å². The molecule has 0 aromatic rings. The minimum atomic E-state index is -0.659. The standard InChI is InChI=1S/C8H19OP.2HI.Ir/c1-7(2)5-10(9)6-8(3)4;;;/h7-9H,5-6H2,1-4H3;2*1H;. The fraction of sp³-hybridized carbons (Fsp3) is 1.00. The van der Waals surface area contributed by atoms with Gasteiger partial charge >= 0.3 is 0 Å². The van der Waals surface area contributed by atoms with E-state index in [0.717, 1.165) is 12.3 Å². The first kappa shape index (κ1) is 24.6. The third-order valence-corrected chi connectivity index (χ3v) is 3.46. The Labute approximate surface area is 131 Å². The van der Waals surface area contributed by atoms with Crippen LogP contribution in [0.3, 0.4) is 0 Å². The van der Waals surface area contributed by atoms with Crippen molar-refractivity contribution in [2.75, 3.05) is 12.3 Å². The molecule has 0 fully saturated rings. The molecule has 1 N–H and O–H groups in total. The molecule has 0 unspecified atom stereocenters. The van der Waals surface area contributed by atoms with Crippen molar-refractivity contribution in [1.82, 2.24) is 0 Å². The van der Waals surface area contributed by atoms with Crippen molar-refractivity contribution in [3.63, 3.8) is 0 Å². The molecule has 87 valence electrons. The molecule has 1 nitrogen and oxygen atoms in total. The summed E-state index contributed by atoms with van der Waals surface area (Å²) in [6, 6.07) is 0.